The molecule has 0 bridgehead atoms. The summed E-state index contributed by atoms with van der Waals surface area (Å²) in [5.41, 5.74) is 5.41. The zero-order valence-electron chi connectivity index (χ0n) is 9.70. The number of sulfonamides is 1. The quantitative estimate of drug-likeness (QED) is 0.802. The summed E-state index contributed by atoms with van der Waals surface area (Å²) in [6.45, 7) is 1.76. The lowest BCUT2D eigenvalue weighted by molar-refractivity contribution is 0.397. The van der Waals surface area contributed by atoms with E-state index < -0.39 is 10.0 Å². The van der Waals surface area contributed by atoms with E-state index in [0.717, 1.165) is 0 Å². The summed E-state index contributed by atoms with van der Waals surface area (Å²) in [6, 6.07) is 2.81. The maximum Gasteiger partial charge on any atom is 0.244 e. The van der Waals surface area contributed by atoms with Crippen molar-refractivity contribution < 1.29 is 8.42 Å². The molecule has 1 aromatic heterocycles. The molecular weight excluding hydrogens is 258 g/mol. The second-order valence-corrected chi connectivity index (χ2v) is 6.25. The number of rotatable bonds is 5. The van der Waals surface area contributed by atoms with E-state index in [0.29, 0.717) is 11.4 Å². The van der Waals surface area contributed by atoms with Crippen molar-refractivity contribution in [1.82, 2.24) is 9.29 Å². The van der Waals surface area contributed by atoms with Crippen molar-refractivity contribution in [3.05, 3.63) is 24.5 Å². The molecular formula is C10H15N3O2S2. The van der Waals surface area contributed by atoms with Crippen LogP contribution in [0, 0.1) is 0 Å². The Labute approximate surface area is 107 Å². The summed E-state index contributed by atoms with van der Waals surface area (Å²) >= 11 is 4.77. The number of pyridine rings is 1. The first-order chi connectivity index (χ1) is 7.85. The van der Waals surface area contributed by atoms with Gasteiger partial charge in [0.25, 0.3) is 0 Å². The topological polar surface area (TPSA) is 76.3 Å². The second-order valence-electron chi connectivity index (χ2n) is 3.73. The van der Waals surface area contributed by atoms with E-state index in [2.05, 4.69) is 4.98 Å². The Balaban J connectivity index is 2.95. The predicted octanol–water partition coefficient (Wildman–Crippen LogP) is 0.767. The monoisotopic (exact) mass is 273 g/mol. The van der Waals surface area contributed by atoms with Gasteiger partial charge in [-0.1, -0.05) is 12.2 Å². The second kappa shape index (κ2) is 5.52. The normalized spacial score (nSPS) is 13.6. The van der Waals surface area contributed by atoms with Crippen LogP contribution in [0.4, 0.5) is 0 Å². The molecule has 1 aromatic rings. The zero-order valence-corrected chi connectivity index (χ0v) is 11.3. The molecule has 0 fully saturated rings. The standard InChI is InChI=1S/C10H15N3O2S2/c1-8(6-10(11)16)13(2)17(14,15)9-4-3-5-12-7-9/h3-5,7-8H,6H2,1-2H3,(H2,11,16). The molecule has 17 heavy (non-hydrogen) atoms. The number of nitrogens with two attached hydrogens (primary N) is 1. The molecule has 1 atom stereocenters. The molecule has 0 saturated carbocycles. The van der Waals surface area contributed by atoms with Crippen molar-refractivity contribution in [1.29, 1.82) is 0 Å². The Morgan fingerprint density at radius 2 is 2.29 bits per heavy atom. The van der Waals surface area contributed by atoms with E-state index in [1.807, 2.05) is 0 Å². The van der Waals surface area contributed by atoms with Gasteiger partial charge in [-0.15, -0.1) is 0 Å². The lowest BCUT2D eigenvalue weighted by atomic mass is 10.2. The first-order valence-corrected chi connectivity index (χ1v) is 6.87. The largest absolute Gasteiger partial charge is 0.393 e. The summed E-state index contributed by atoms with van der Waals surface area (Å²) in [5, 5.41) is 0. The molecule has 1 unspecified atom stereocenters. The minimum Gasteiger partial charge on any atom is -0.393 e. The Bertz CT molecular complexity index is 488. The molecule has 0 amide bonds. The molecule has 0 aliphatic carbocycles. The Morgan fingerprint density at radius 3 is 2.76 bits per heavy atom. The van der Waals surface area contributed by atoms with Crippen LogP contribution in [0.1, 0.15) is 13.3 Å². The Hall–Kier alpha value is -1.05. The molecule has 2 N–H and O–H groups in total. The van der Waals surface area contributed by atoms with Gasteiger partial charge in [0.2, 0.25) is 10.0 Å². The average Bonchev–Trinajstić information content (AvgIpc) is 2.28. The van der Waals surface area contributed by atoms with Crippen LogP contribution in [0.5, 0.6) is 0 Å². The summed E-state index contributed by atoms with van der Waals surface area (Å²) in [7, 11) is -2.02. The lowest BCUT2D eigenvalue weighted by Gasteiger charge is -2.23. The molecule has 5 nitrogen and oxygen atoms in total. The Morgan fingerprint density at radius 1 is 1.65 bits per heavy atom. The van der Waals surface area contributed by atoms with Crippen LogP contribution in [-0.4, -0.2) is 35.8 Å². The van der Waals surface area contributed by atoms with Gasteiger partial charge in [0.05, 0.1) is 4.99 Å². The van der Waals surface area contributed by atoms with Crippen molar-refractivity contribution in [2.45, 2.75) is 24.3 Å². The van der Waals surface area contributed by atoms with Gasteiger partial charge in [-0.3, -0.25) is 4.98 Å². The number of thiocarbonyl (C=S) groups is 1. The third-order valence-corrected chi connectivity index (χ3v) is 4.55. The molecule has 0 spiro atoms. The first-order valence-electron chi connectivity index (χ1n) is 5.02. The van der Waals surface area contributed by atoms with Crippen molar-refractivity contribution in [2.75, 3.05) is 7.05 Å². The summed E-state index contributed by atoms with van der Waals surface area (Å²) in [6.07, 6.45) is 3.20. The molecule has 0 saturated heterocycles. The lowest BCUT2D eigenvalue weighted by Crippen LogP contribution is -2.37. The molecule has 0 aliphatic heterocycles. The Kier molecular flexibility index (Phi) is 4.55. The molecule has 7 heteroatoms. The van der Waals surface area contributed by atoms with Gasteiger partial charge in [-0.25, -0.2) is 8.42 Å². The highest BCUT2D eigenvalue weighted by Gasteiger charge is 2.25. The van der Waals surface area contributed by atoms with E-state index in [1.54, 1.807) is 13.0 Å². The van der Waals surface area contributed by atoms with Crippen LogP contribution < -0.4 is 5.73 Å². The molecule has 0 aromatic carbocycles. The van der Waals surface area contributed by atoms with Gasteiger partial charge in [0.1, 0.15) is 4.90 Å². The summed E-state index contributed by atoms with van der Waals surface area (Å²) in [5.74, 6) is 0. The van der Waals surface area contributed by atoms with E-state index in [4.69, 9.17) is 18.0 Å². The van der Waals surface area contributed by atoms with Crippen LogP contribution >= 0.6 is 12.2 Å². The molecule has 0 radical (unpaired) electrons. The van der Waals surface area contributed by atoms with Gasteiger partial charge in [-0.05, 0) is 19.1 Å². The fourth-order valence-corrected chi connectivity index (χ4v) is 2.89. The van der Waals surface area contributed by atoms with Gasteiger partial charge in [0, 0.05) is 31.9 Å². The fraction of sp³-hybridized carbons (Fsp3) is 0.400. The van der Waals surface area contributed by atoms with Crippen LogP contribution in [0.25, 0.3) is 0 Å². The summed E-state index contributed by atoms with van der Waals surface area (Å²) < 4.78 is 25.6. The SMILES string of the molecule is CC(CC(N)=S)N(C)S(=O)(=O)c1cccnc1. The maximum absolute atomic E-state index is 12.2. The van der Waals surface area contributed by atoms with Gasteiger partial charge < -0.3 is 5.73 Å². The van der Waals surface area contributed by atoms with Gasteiger partial charge >= 0.3 is 0 Å². The number of nitrogens with zero attached hydrogens (tertiary/aromatic N) is 2. The van der Waals surface area contributed by atoms with E-state index in [9.17, 15) is 8.42 Å². The van der Waals surface area contributed by atoms with Crippen molar-refractivity contribution in [2.24, 2.45) is 5.73 Å². The molecule has 0 aliphatic rings. The average molecular weight is 273 g/mol. The molecule has 1 heterocycles. The first kappa shape index (κ1) is 14.0. The zero-order chi connectivity index (χ0) is 13.1. The number of aromatic nitrogens is 1. The van der Waals surface area contributed by atoms with E-state index >= 15 is 0 Å². The van der Waals surface area contributed by atoms with Crippen molar-refractivity contribution >= 4 is 27.2 Å². The highest BCUT2D eigenvalue weighted by atomic mass is 32.2. The van der Waals surface area contributed by atoms with Crippen molar-refractivity contribution in [3.63, 3.8) is 0 Å². The third kappa shape index (κ3) is 3.45. The van der Waals surface area contributed by atoms with Gasteiger partial charge in [-0.2, -0.15) is 4.31 Å². The van der Waals surface area contributed by atoms with Gasteiger partial charge in [0.15, 0.2) is 0 Å². The third-order valence-electron chi connectivity index (χ3n) is 2.43. The maximum atomic E-state index is 12.2. The minimum absolute atomic E-state index is 0.164. The predicted molar refractivity (Wildman–Crippen MR) is 70.1 cm³/mol. The fourth-order valence-electron chi connectivity index (χ4n) is 1.32. The smallest absolute Gasteiger partial charge is 0.244 e. The highest BCUT2D eigenvalue weighted by Crippen LogP contribution is 2.16. The molecule has 94 valence electrons. The van der Waals surface area contributed by atoms with E-state index in [1.165, 1.54) is 29.8 Å². The van der Waals surface area contributed by atoms with Crippen LogP contribution in [0.15, 0.2) is 29.4 Å². The van der Waals surface area contributed by atoms with Crippen molar-refractivity contribution in [3.8, 4) is 0 Å². The highest BCUT2D eigenvalue weighted by molar-refractivity contribution is 7.89. The molecule has 1 rings (SSSR count). The van der Waals surface area contributed by atoms with Crippen LogP contribution in [-0.2, 0) is 10.0 Å². The number of hydrogen-bond acceptors (Lipinski definition) is 4. The minimum atomic E-state index is -3.53. The van der Waals surface area contributed by atoms with Crippen LogP contribution in [0.3, 0.4) is 0 Å². The number of hydrogen-bond donors (Lipinski definition) is 1. The summed E-state index contributed by atoms with van der Waals surface area (Å²) in [4.78, 5) is 4.26. The van der Waals surface area contributed by atoms with Crippen LogP contribution in [0.2, 0.25) is 0 Å². The van der Waals surface area contributed by atoms with E-state index in [-0.39, 0.29) is 10.9 Å².